The summed E-state index contributed by atoms with van der Waals surface area (Å²) in [4.78, 5) is 2.29. The molecular weight excluding hydrogens is 228 g/mol. The minimum absolute atomic E-state index is 0.133. The van der Waals surface area contributed by atoms with Gasteiger partial charge in [-0.2, -0.15) is 0 Å². The van der Waals surface area contributed by atoms with E-state index in [0.29, 0.717) is 11.8 Å². The summed E-state index contributed by atoms with van der Waals surface area (Å²) >= 11 is 0. The lowest BCUT2D eigenvalue weighted by molar-refractivity contribution is 0.133. The number of hydrogen-bond donors (Lipinski definition) is 2. The van der Waals surface area contributed by atoms with E-state index in [1.807, 2.05) is 18.2 Å². The molecule has 0 spiro atoms. The van der Waals surface area contributed by atoms with Crippen molar-refractivity contribution >= 4 is 11.4 Å². The van der Waals surface area contributed by atoms with Crippen LogP contribution >= 0.6 is 0 Å². The van der Waals surface area contributed by atoms with Crippen LogP contribution < -0.4 is 15.4 Å². The molecule has 2 aliphatic rings. The standard InChI is InChI=1S/C14H20N2O2/c1-18-10-3-4-12(15)13(6-10)16-7-9-2-5-14(17)11(9)8-16/h3-4,6,9,11,14,17H,2,5,7-8,15H2,1H3. The van der Waals surface area contributed by atoms with Crippen molar-refractivity contribution in [3.63, 3.8) is 0 Å². The molecule has 1 aromatic carbocycles. The number of ether oxygens (including phenoxy) is 1. The number of rotatable bonds is 2. The van der Waals surface area contributed by atoms with E-state index in [2.05, 4.69) is 4.90 Å². The van der Waals surface area contributed by atoms with Crippen LogP contribution in [0.25, 0.3) is 0 Å². The quantitative estimate of drug-likeness (QED) is 0.778. The van der Waals surface area contributed by atoms with E-state index in [-0.39, 0.29) is 6.10 Å². The Bertz CT molecular complexity index is 449. The first kappa shape index (κ1) is 11.7. The SMILES string of the molecule is COc1ccc(N)c(N2CC3CCC(O)C3C2)c1. The van der Waals surface area contributed by atoms with Gasteiger partial charge in [-0.15, -0.1) is 0 Å². The number of methoxy groups -OCH3 is 1. The van der Waals surface area contributed by atoms with E-state index in [1.165, 1.54) is 0 Å². The fourth-order valence-corrected chi connectivity index (χ4v) is 3.36. The lowest BCUT2D eigenvalue weighted by Gasteiger charge is -2.22. The lowest BCUT2D eigenvalue weighted by atomic mass is 10.00. The molecule has 0 bridgehead atoms. The zero-order chi connectivity index (χ0) is 12.7. The van der Waals surface area contributed by atoms with Crippen LogP contribution in [0.1, 0.15) is 12.8 Å². The average molecular weight is 248 g/mol. The van der Waals surface area contributed by atoms with E-state index < -0.39 is 0 Å². The van der Waals surface area contributed by atoms with Gasteiger partial charge in [-0.3, -0.25) is 0 Å². The van der Waals surface area contributed by atoms with Crippen molar-refractivity contribution in [1.29, 1.82) is 0 Å². The molecule has 1 aliphatic heterocycles. The third kappa shape index (κ3) is 1.81. The molecule has 1 saturated carbocycles. The molecule has 1 aliphatic carbocycles. The molecule has 3 atom stereocenters. The number of aliphatic hydroxyl groups excluding tert-OH is 1. The molecule has 0 aromatic heterocycles. The molecule has 1 aromatic rings. The van der Waals surface area contributed by atoms with E-state index in [4.69, 9.17) is 10.5 Å². The Labute approximate surface area is 107 Å². The summed E-state index contributed by atoms with van der Waals surface area (Å²) in [7, 11) is 1.66. The van der Waals surface area contributed by atoms with Crippen LogP contribution in [0.4, 0.5) is 11.4 Å². The van der Waals surface area contributed by atoms with Crippen molar-refractivity contribution in [2.45, 2.75) is 18.9 Å². The van der Waals surface area contributed by atoms with E-state index in [1.54, 1.807) is 7.11 Å². The molecule has 0 radical (unpaired) electrons. The minimum Gasteiger partial charge on any atom is -0.497 e. The van der Waals surface area contributed by atoms with Crippen molar-refractivity contribution in [2.75, 3.05) is 30.8 Å². The van der Waals surface area contributed by atoms with Crippen molar-refractivity contribution in [2.24, 2.45) is 11.8 Å². The molecule has 3 rings (SSSR count). The van der Waals surface area contributed by atoms with Crippen LogP contribution in [0.15, 0.2) is 18.2 Å². The van der Waals surface area contributed by atoms with Crippen molar-refractivity contribution in [1.82, 2.24) is 0 Å². The van der Waals surface area contributed by atoms with Gasteiger partial charge >= 0.3 is 0 Å². The highest BCUT2D eigenvalue weighted by Crippen LogP contribution is 2.41. The monoisotopic (exact) mass is 248 g/mol. The first-order chi connectivity index (χ1) is 8.69. The molecule has 0 amide bonds. The average Bonchev–Trinajstić information content (AvgIpc) is 2.93. The predicted molar refractivity (Wildman–Crippen MR) is 71.8 cm³/mol. The molecule has 3 N–H and O–H groups in total. The van der Waals surface area contributed by atoms with Crippen LogP contribution in [0.3, 0.4) is 0 Å². The second-order valence-corrected chi connectivity index (χ2v) is 5.40. The van der Waals surface area contributed by atoms with Crippen LogP contribution in [-0.4, -0.2) is 31.4 Å². The maximum Gasteiger partial charge on any atom is 0.121 e. The Morgan fingerprint density at radius 1 is 1.33 bits per heavy atom. The topological polar surface area (TPSA) is 58.7 Å². The molecule has 18 heavy (non-hydrogen) atoms. The van der Waals surface area contributed by atoms with Crippen molar-refractivity contribution in [3.05, 3.63) is 18.2 Å². The number of nitrogen functional groups attached to an aromatic ring is 1. The largest absolute Gasteiger partial charge is 0.497 e. The highest BCUT2D eigenvalue weighted by atomic mass is 16.5. The number of aliphatic hydroxyl groups is 1. The second kappa shape index (κ2) is 4.35. The first-order valence-corrected chi connectivity index (χ1v) is 6.55. The van der Waals surface area contributed by atoms with E-state index in [9.17, 15) is 5.11 Å². The number of fused-ring (bicyclic) bond motifs is 1. The van der Waals surface area contributed by atoms with Crippen molar-refractivity contribution < 1.29 is 9.84 Å². The smallest absolute Gasteiger partial charge is 0.121 e. The van der Waals surface area contributed by atoms with Gasteiger partial charge in [0.2, 0.25) is 0 Å². The molecule has 1 saturated heterocycles. The number of nitrogens with zero attached hydrogens (tertiary/aromatic N) is 1. The van der Waals surface area contributed by atoms with Gasteiger partial charge in [-0.05, 0) is 30.9 Å². The molecule has 1 heterocycles. The van der Waals surface area contributed by atoms with Gasteiger partial charge in [0.25, 0.3) is 0 Å². The van der Waals surface area contributed by atoms with Gasteiger partial charge in [0.1, 0.15) is 5.75 Å². The summed E-state index contributed by atoms with van der Waals surface area (Å²) in [6.07, 6.45) is 1.95. The summed E-state index contributed by atoms with van der Waals surface area (Å²) in [5, 5.41) is 9.95. The zero-order valence-electron chi connectivity index (χ0n) is 10.7. The molecule has 3 unspecified atom stereocenters. The minimum atomic E-state index is -0.133. The molecule has 98 valence electrons. The molecule has 2 fully saturated rings. The Hall–Kier alpha value is -1.42. The maximum absolute atomic E-state index is 9.95. The third-order valence-electron chi connectivity index (χ3n) is 4.40. The van der Waals surface area contributed by atoms with Crippen LogP contribution in [0.5, 0.6) is 5.75 Å². The lowest BCUT2D eigenvalue weighted by Crippen LogP contribution is -2.25. The van der Waals surface area contributed by atoms with Gasteiger partial charge in [0, 0.05) is 25.1 Å². The van der Waals surface area contributed by atoms with Gasteiger partial charge < -0.3 is 20.5 Å². The van der Waals surface area contributed by atoms with Crippen LogP contribution in [0, 0.1) is 11.8 Å². The first-order valence-electron chi connectivity index (χ1n) is 6.55. The summed E-state index contributed by atoms with van der Waals surface area (Å²) < 4.78 is 5.25. The Kier molecular flexibility index (Phi) is 2.82. The van der Waals surface area contributed by atoms with Crippen LogP contribution in [-0.2, 0) is 0 Å². The molecule has 4 nitrogen and oxygen atoms in total. The Morgan fingerprint density at radius 2 is 2.17 bits per heavy atom. The maximum atomic E-state index is 9.95. The number of benzene rings is 1. The van der Waals surface area contributed by atoms with Gasteiger partial charge in [0.15, 0.2) is 0 Å². The third-order valence-corrected chi connectivity index (χ3v) is 4.40. The summed E-state index contributed by atoms with van der Waals surface area (Å²) in [5.74, 6) is 1.86. The van der Waals surface area contributed by atoms with E-state index in [0.717, 1.165) is 43.1 Å². The van der Waals surface area contributed by atoms with Gasteiger partial charge in [0.05, 0.1) is 24.6 Å². The summed E-state index contributed by atoms with van der Waals surface area (Å²) in [6.45, 7) is 1.91. The second-order valence-electron chi connectivity index (χ2n) is 5.40. The van der Waals surface area contributed by atoms with Crippen molar-refractivity contribution in [3.8, 4) is 5.75 Å². The fraction of sp³-hybridized carbons (Fsp3) is 0.571. The van der Waals surface area contributed by atoms with E-state index >= 15 is 0 Å². The predicted octanol–water partition coefficient (Wildman–Crippen LogP) is 1.48. The number of nitrogens with two attached hydrogens (primary N) is 1. The van der Waals surface area contributed by atoms with Crippen LogP contribution in [0.2, 0.25) is 0 Å². The highest BCUT2D eigenvalue weighted by molar-refractivity contribution is 5.70. The van der Waals surface area contributed by atoms with Gasteiger partial charge in [-0.1, -0.05) is 0 Å². The van der Waals surface area contributed by atoms with Gasteiger partial charge in [-0.25, -0.2) is 0 Å². The molecule has 4 heteroatoms. The molecular formula is C14H20N2O2. The normalized spacial score (nSPS) is 30.6. The number of anilines is 2. The fourth-order valence-electron chi connectivity index (χ4n) is 3.36. The summed E-state index contributed by atoms with van der Waals surface area (Å²) in [5.41, 5.74) is 7.87. The Morgan fingerprint density at radius 3 is 2.89 bits per heavy atom. The zero-order valence-corrected chi connectivity index (χ0v) is 10.7. The number of hydrogen-bond acceptors (Lipinski definition) is 4. The highest BCUT2D eigenvalue weighted by Gasteiger charge is 2.42. The summed E-state index contributed by atoms with van der Waals surface area (Å²) in [6, 6.07) is 5.76. The Balaban J connectivity index is 1.84.